The number of H-pyrrole nitrogens is 1. The molecule has 0 unspecified atom stereocenters. The average Bonchev–Trinajstić information content (AvgIpc) is 2.75. The van der Waals surface area contributed by atoms with Crippen LogP contribution < -0.4 is 5.56 Å². The molecule has 0 aliphatic carbocycles. The van der Waals surface area contributed by atoms with Crippen LogP contribution in [0.5, 0.6) is 0 Å². The van der Waals surface area contributed by atoms with Crippen molar-refractivity contribution >= 4 is 0 Å². The molecule has 1 aromatic heterocycles. The van der Waals surface area contributed by atoms with Crippen molar-refractivity contribution in [1.82, 2.24) is 14.9 Å². The molecule has 2 N–H and O–H groups in total. The van der Waals surface area contributed by atoms with Gasteiger partial charge in [0.15, 0.2) is 0 Å². The summed E-state index contributed by atoms with van der Waals surface area (Å²) < 4.78 is 0. The van der Waals surface area contributed by atoms with E-state index in [1.165, 1.54) is 6.07 Å². The van der Waals surface area contributed by atoms with Crippen molar-refractivity contribution in [2.24, 2.45) is 0 Å². The van der Waals surface area contributed by atoms with Gasteiger partial charge in [-0.25, -0.2) is 4.98 Å². The molecule has 17 heavy (non-hydrogen) atoms. The van der Waals surface area contributed by atoms with Crippen LogP contribution in [0.1, 0.15) is 31.3 Å². The molecule has 1 aliphatic heterocycles. The maximum atomic E-state index is 11.4. The number of aliphatic hydroxyl groups excluding tert-OH is 1. The normalized spacial score (nSPS) is 20.9. The van der Waals surface area contributed by atoms with Gasteiger partial charge in [0, 0.05) is 17.8 Å². The number of rotatable bonds is 4. The maximum absolute atomic E-state index is 11.4. The van der Waals surface area contributed by atoms with Crippen LogP contribution in [-0.4, -0.2) is 39.2 Å². The number of aromatic nitrogens is 2. The third kappa shape index (κ3) is 2.92. The second-order valence-corrected chi connectivity index (χ2v) is 4.49. The van der Waals surface area contributed by atoms with E-state index in [0.717, 1.165) is 31.5 Å². The number of aliphatic hydroxyl groups is 1. The van der Waals surface area contributed by atoms with Gasteiger partial charge in [-0.1, -0.05) is 6.92 Å². The second kappa shape index (κ2) is 5.42. The third-order valence-corrected chi connectivity index (χ3v) is 3.27. The fraction of sp³-hybridized carbons (Fsp3) is 0.667. The maximum Gasteiger partial charge on any atom is 0.251 e. The van der Waals surface area contributed by atoms with Crippen LogP contribution >= 0.6 is 0 Å². The molecule has 1 atom stereocenters. The molecule has 0 spiro atoms. The molecular weight excluding hydrogens is 218 g/mol. The highest BCUT2D eigenvalue weighted by Crippen LogP contribution is 2.18. The van der Waals surface area contributed by atoms with Gasteiger partial charge in [-0.15, -0.1) is 0 Å². The Morgan fingerprint density at radius 1 is 1.65 bits per heavy atom. The van der Waals surface area contributed by atoms with Crippen LogP contribution in [0.2, 0.25) is 0 Å². The van der Waals surface area contributed by atoms with Crippen LogP contribution in [0.25, 0.3) is 0 Å². The van der Waals surface area contributed by atoms with Crippen molar-refractivity contribution in [3.05, 3.63) is 27.9 Å². The van der Waals surface area contributed by atoms with Gasteiger partial charge < -0.3 is 10.1 Å². The molecule has 0 radical (unpaired) electrons. The first kappa shape index (κ1) is 12.3. The van der Waals surface area contributed by atoms with Crippen molar-refractivity contribution in [3.63, 3.8) is 0 Å². The predicted octanol–water partition coefficient (Wildman–Crippen LogP) is 0.289. The van der Waals surface area contributed by atoms with Crippen molar-refractivity contribution in [2.75, 3.05) is 13.2 Å². The Morgan fingerprint density at radius 3 is 3.18 bits per heavy atom. The highest BCUT2D eigenvalue weighted by atomic mass is 16.3. The Bertz CT molecular complexity index is 430. The zero-order valence-corrected chi connectivity index (χ0v) is 10.1. The van der Waals surface area contributed by atoms with E-state index in [-0.39, 0.29) is 18.2 Å². The summed E-state index contributed by atoms with van der Waals surface area (Å²) in [6.45, 7) is 3.75. The van der Waals surface area contributed by atoms with Crippen molar-refractivity contribution in [3.8, 4) is 0 Å². The standard InChI is InChI=1S/C12H19N3O2/c1-2-9-6-12(17)14-11(13-9)7-15-5-3-4-10(15)8-16/h6,10,16H,2-5,7-8H2,1H3,(H,13,14,17)/t10-/m0/s1. The van der Waals surface area contributed by atoms with Crippen LogP contribution in [0, 0.1) is 0 Å². The number of aromatic amines is 1. The Morgan fingerprint density at radius 2 is 2.47 bits per heavy atom. The monoisotopic (exact) mass is 237 g/mol. The molecule has 2 heterocycles. The molecule has 1 aliphatic rings. The first-order chi connectivity index (χ1) is 8.22. The van der Waals surface area contributed by atoms with E-state index < -0.39 is 0 Å². The van der Waals surface area contributed by atoms with Crippen molar-refractivity contribution in [1.29, 1.82) is 0 Å². The van der Waals surface area contributed by atoms with Crippen molar-refractivity contribution in [2.45, 2.75) is 38.8 Å². The lowest BCUT2D eigenvalue weighted by Gasteiger charge is -2.21. The lowest BCUT2D eigenvalue weighted by atomic mass is 10.2. The third-order valence-electron chi connectivity index (χ3n) is 3.27. The molecule has 5 nitrogen and oxygen atoms in total. The average molecular weight is 237 g/mol. The Labute approximate surface area is 100 Å². The van der Waals surface area contributed by atoms with Crippen LogP contribution in [0.15, 0.2) is 10.9 Å². The lowest BCUT2D eigenvalue weighted by molar-refractivity contribution is 0.151. The number of hydrogen-bond acceptors (Lipinski definition) is 4. The summed E-state index contributed by atoms with van der Waals surface area (Å²) in [5.41, 5.74) is 0.732. The fourth-order valence-corrected chi connectivity index (χ4v) is 2.32. The molecule has 1 fully saturated rings. The summed E-state index contributed by atoms with van der Waals surface area (Å²) in [6, 6.07) is 1.75. The molecule has 0 aromatic carbocycles. The predicted molar refractivity (Wildman–Crippen MR) is 64.8 cm³/mol. The number of hydrogen-bond donors (Lipinski definition) is 2. The highest BCUT2D eigenvalue weighted by molar-refractivity contribution is 5.03. The van der Waals surface area contributed by atoms with E-state index in [4.69, 9.17) is 0 Å². The Balaban J connectivity index is 2.12. The second-order valence-electron chi connectivity index (χ2n) is 4.49. The number of likely N-dealkylation sites (tertiary alicyclic amines) is 1. The Kier molecular flexibility index (Phi) is 3.91. The molecular formula is C12H19N3O2. The first-order valence-corrected chi connectivity index (χ1v) is 6.17. The van der Waals surface area contributed by atoms with Gasteiger partial charge in [0.2, 0.25) is 0 Å². The molecule has 5 heteroatoms. The quantitative estimate of drug-likeness (QED) is 0.789. The van der Waals surface area contributed by atoms with Crippen LogP contribution in [-0.2, 0) is 13.0 Å². The minimum Gasteiger partial charge on any atom is -0.395 e. The summed E-state index contributed by atoms with van der Waals surface area (Å²) in [6.07, 6.45) is 2.89. The van der Waals surface area contributed by atoms with Gasteiger partial charge in [-0.3, -0.25) is 9.69 Å². The molecule has 0 bridgehead atoms. The smallest absolute Gasteiger partial charge is 0.251 e. The Hall–Kier alpha value is -1.20. The van der Waals surface area contributed by atoms with E-state index in [1.54, 1.807) is 0 Å². The van der Waals surface area contributed by atoms with Gasteiger partial charge >= 0.3 is 0 Å². The summed E-state index contributed by atoms with van der Waals surface area (Å²) in [4.78, 5) is 20.8. The van der Waals surface area contributed by atoms with E-state index >= 15 is 0 Å². The minimum atomic E-state index is -0.0911. The topological polar surface area (TPSA) is 69.2 Å². The van der Waals surface area contributed by atoms with Gasteiger partial charge in [0.05, 0.1) is 13.2 Å². The van der Waals surface area contributed by atoms with E-state index in [2.05, 4.69) is 14.9 Å². The molecule has 2 rings (SSSR count). The summed E-state index contributed by atoms with van der Waals surface area (Å²) in [7, 11) is 0. The van der Waals surface area contributed by atoms with Crippen LogP contribution in [0.4, 0.5) is 0 Å². The molecule has 0 saturated carbocycles. The van der Waals surface area contributed by atoms with E-state index in [1.807, 2.05) is 6.92 Å². The summed E-state index contributed by atoms with van der Waals surface area (Å²) in [5, 5.41) is 9.24. The lowest BCUT2D eigenvalue weighted by Crippen LogP contribution is -2.33. The largest absolute Gasteiger partial charge is 0.395 e. The van der Waals surface area contributed by atoms with E-state index in [9.17, 15) is 9.90 Å². The number of aryl methyl sites for hydroxylation is 1. The molecule has 94 valence electrons. The molecule has 1 saturated heterocycles. The zero-order chi connectivity index (χ0) is 12.3. The van der Waals surface area contributed by atoms with Gasteiger partial charge in [-0.05, 0) is 25.8 Å². The van der Waals surface area contributed by atoms with E-state index in [0.29, 0.717) is 12.4 Å². The number of nitrogens with zero attached hydrogens (tertiary/aromatic N) is 2. The van der Waals surface area contributed by atoms with Crippen LogP contribution in [0.3, 0.4) is 0 Å². The summed E-state index contributed by atoms with van der Waals surface area (Å²) in [5.74, 6) is 0.703. The first-order valence-electron chi connectivity index (χ1n) is 6.17. The van der Waals surface area contributed by atoms with Gasteiger partial charge in [-0.2, -0.15) is 0 Å². The van der Waals surface area contributed by atoms with Gasteiger partial charge in [0.1, 0.15) is 5.82 Å². The number of nitrogens with one attached hydrogen (secondary N) is 1. The van der Waals surface area contributed by atoms with Gasteiger partial charge in [0.25, 0.3) is 5.56 Å². The zero-order valence-electron chi connectivity index (χ0n) is 10.1. The summed E-state index contributed by atoms with van der Waals surface area (Å²) >= 11 is 0. The fourth-order valence-electron chi connectivity index (χ4n) is 2.32. The SMILES string of the molecule is CCc1cc(=O)[nH]c(CN2CCC[C@H]2CO)n1. The minimum absolute atomic E-state index is 0.0911. The molecule has 1 aromatic rings. The molecule has 0 amide bonds. The van der Waals surface area contributed by atoms with Crippen molar-refractivity contribution < 1.29 is 5.11 Å². The highest BCUT2D eigenvalue weighted by Gasteiger charge is 2.24.